The van der Waals surface area contributed by atoms with Crippen LogP contribution in [0.3, 0.4) is 0 Å². The molecule has 1 nitrogen and oxygen atoms in total. The Morgan fingerprint density at radius 3 is 2.38 bits per heavy atom. The fourth-order valence-electron chi connectivity index (χ4n) is 0.855. The van der Waals surface area contributed by atoms with Crippen LogP contribution in [0.1, 0.15) is 24.8 Å². The first-order valence-corrected chi connectivity index (χ1v) is 6.12. The van der Waals surface area contributed by atoms with E-state index < -0.39 is 11.7 Å². The number of thiophene rings is 1. The highest BCUT2D eigenvalue weighted by molar-refractivity contribution is 9.13. The largest absolute Gasteiger partial charge is 0.321 e. The Labute approximate surface area is 97.8 Å². The van der Waals surface area contributed by atoms with Crippen LogP contribution >= 0.6 is 43.2 Å². The van der Waals surface area contributed by atoms with E-state index in [0.29, 0.717) is 0 Å². The first-order chi connectivity index (χ1) is 5.82. The first kappa shape index (κ1) is 11.6. The third kappa shape index (κ3) is 2.75. The molecule has 0 aromatic carbocycles. The predicted octanol–water partition coefficient (Wildman–Crippen LogP) is 4.02. The van der Waals surface area contributed by atoms with Crippen LogP contribution in [0.25, 0.3) is 0 Å². The zero-order valence-corrected chi connectivity index (χ0v) is 11.3. The van der Waals surface area contributed by atoms with Crippen molar-refractivity contribution in [3.05, 3.63) is 19.2 Å². The van der Waals surface area contributed by atoms with Gasteiger partial charge in [0.15, 0.2) is 0 Å². The molecule has 1 aromatic heterocycles. The average Bonchev–Trinajstić information content (AvgIpc) is 2.29. The molecule has 1 unspecified atom stereocenters. The fourth-order valence-corrected chi connectivity index (χ4v) is 3.12. The van der Waals surface area contributed by atoms with Gasteiger partial charge in [-0.25, -0.2) is 4.39 Å². The van der Waals surface area contributed by atoms with E-state index >= 15 is 0 Å². The smallest absolute Gasteiger partial charge is 0.125 e. The van der Waals surface area contributed by atoms with Crippen molar-refractivity contribution in [2.45, 2.75) is 25.6 Å². The summed E-state index contributed by atoms with van der Waals surface area (Å²) < 4.78 is 15.3. The van der Waals surface area contributed by atoms with Crippen molar-refractivity contribution >= 4 is 43.2 Å². The maximum Gasteiger partial charge on any atom is 0.125 e. The van der Waals surface area contributed by atoms with Crippen LogP contribution in [0.4, 0.5) is 4.39 Å². The van der Waals surface area contributed by atoms with E-state index in [4.69, 9.17) is 5.73 Å². The van der Waals surface area contributed by atoms with Crippen molar-refractivity contribution in [2.24, 2.45) is 5.73 Å². The highest BCUT2D eigenvalue weighted by atomic mass is 79.9. The molecule has 0 spiro atoms. The van der Waals surface area contributed by atoms with Crippen molar-refractivity contribution in [1.82, 2.24) is 0 Å². The minimum absolute atomic E-state index is 0.569. The van der Waals surface area contributed by atoms with E-state index in [-0.39, 0.29) is 0 Å². The number of halogens is 3. The summed E-state index contributed by atoms with van der Waals surface area (Å²) in [7, 11) is 0. The van der Waals surface area contributed by atoms with Crippen molar-refractivity contribution in [2.75, 3.05) is 0 Å². The van der Waals surface area contributed by atoms with Crippen LogP contribution in [0, 0.1) is 0 Å². The third-order valence-corrected chi connectivity index (χ3v) is 5.05. The Hall–Kier alpha value is 0.550. The molecule has 0 amide bonds. The van der Waals surface area contributed by atoms with E-state index in [1.807, 2.05) is 6.07 Å². The second kappa shape index (κ2) is 3.96. The summed E-state index contributed by atoms with van der Waals surface area (Å²) in [5.74, 6) is 0. The SMILES string of the molecule is CC(C)(F)C(N)c1cc(Br)c(Br)s1. The van der Waals surface area contributed by atoms with Gasteiger partial charge in [0.05, 0.1) is 9.83 Å². The van der Waals surface area contributed by atoms with E-state index in [1.54, 1.807) is 0 Å². The minimum atomic E-state index is -1.39. The summed E-state index contributed by atoms with van der Waals surface area (Å²) in [5, 5.41) is 0. The monoisotopic (exact) mass is 329 g/mol. The molecule has 0 aliphatic carbocycles. The van der Waals surface area contributed by atoms with Crippen LogP contribution in [0.15, 0.2) is 14.3 Å². The minimum Gasteiger partial charge on any atom is -0.321 e. The summed E-state index contributed by atoms with van der Waals surface area (Å²) in [6, 6.07) is 1.28. The van der Waals surface area contributed by atoms with Gasteiger partial charge in [0.25, 0.3) is 0 Å². The lowest BCUT2D eigenvalue weighted by molar-refractivity contribution is 0.176. The highest BCUT2D eigenvalue weighted by Crippen LogP contribution is 2.38. The number of rotatable bonds is 2. The standard InChI is InChI=1S/C8H10Br2FNS/c1-8(2,11)6(12)5-3-4(9)7(10)13-5/h3,6H,12H2,1-2H3. The molecule has 0 aliphatic rings. The molecule has 1 atom stereocenters. The second-order valence-corrected chi connectivity index (χ2v) is 6.57. The van der Waals surface area contributed by atoms with Crippen LogP contribution in [-0.4, -0.2) is 5.67 Å². The molecule has 0 radical (unpaired) electrons. The Balaban J connectivity index is 2.96. The molecule has 0 fully saturated rings. The van der Waals surface area contributed by atoms with Crippen molar-refractivity contribution in [3.63, 3.8) is 0 Å². The second-order valence-electron chi connectivity index (χ2n) is 3.31. The summed E-state index contributed by atoms with van der Waals surface area (Å²) >= 11 is 8.14. The van der Waals surface area contributed by atoms with Crippen molar-refractivity contribution in [1.29, 1.82) is 0 Å². The molecule has 74 valence electrons. The van der Waals surface area contributed by atoms with Gasteiger partial charge in [-0.2, -0.15) is 0 Å². The molecule has 13 heavy (non-hydrogen) atoms. The Morgan fingerprint density at radius 1 is 1.54 bits per heavy atom. The normalized spacial score (nSPS) is 14.6. The van der Waals surface area contributed by atoms with Gasteiger partial charge in [0.2, 0.25) is 0 Å². The third-order valence-electron chi connectivity index (χ3n) is 1.71. The van der Waals surface area contributed by atoms with Crippen molar-refractivity contribution < 1.29 is 4.39 Å². The summed E-state index contributed by atoms with van der Waals surface area (Å²) in [6.07, 6.45) is 0. The van der Waals surface area contributed by atoms with Gasteiger partial charge in [-0.3, -0.25) is 0 Å². The first-order valence-electron chi connectivity index (χ1n) is 3.71. The topological polar surface area (TPSA) is 26.0 Å². The lowest BCUT2D eigenvalue weighted by Crippen LogP contribution is -2.30. The maximum atomic E-state index is 13.5. The van der Waals surface area contributed by atoms with Gasteiger partial charge >= 0.3 is 0 Å². The van der Waals surface area contributed by atoms with Crippen LogP contribution < -0.4 is 5.73 Å². The zero-order valence-electron chi connectivity index (χ0n) is 7.27. The van der Waals surface area contributed by atoms with Gasteiger partial charge in [0.1, 0.15) is 5.67 Å². The molecule has 0 saturated carbocycles. The zero-order chi connectivity index (χ0) is 10.2. The Kier molecular flexibility index (Phi) is 3.54. The maximum absolute atomic E-state index is 13.5. The van der Waals surface area contributed by atoms with Gasteiger partial charge < -0.3 is 5.73 Å². The molecule has 2 N–H and O–H groups in total. The molecule has 5 heteroatoms. The molecule has 1 aromatic rings. The Bertz CT molecular complexity index is 286. The lowest BCUT2D eigenvalue weighted by Gasteiger charge is -2.21. The highest BCUT2D eigenvalue weighted by Gasteiger charge is 2.28. The van der Waals surface area contributed by atoms with Crippen LogP contribution in [-0.2, 0) is 0 Å². The number of hydrogen-bond acceptors (Lipinski definition) is 2. The van der Waals surface area contributed by atoms with Gasteiger partial charge in [-0.05, 0) is 51.8 Å². The van der Waals surface area contributed by atoms with E-state index in [1.165, 1.54) is 25.2 Å². The average molecular weight is 331 g/mol. The van der Waals surface area contributed by atoms with Gasteiger partial charge in [-0.1, -0.05) is 0 Å². The molecule has 0 aliphatic heterocycles. The molecule has 0 bridgehead atoms. The lowest BCUT2D eigenvalue weighted by atomic mass is 10.0. The number of alkyl halides is 1. The summed E-state index contributed by atoms with van der Waals surface area (Å²) in [5.41, 5.74) is 4.36. The number of nitrogens with two attached hydrogens (primary N) is 1. The van der Waals surface area contributed by atoms with E-state index in [0.717, 1.165) is 13.1 Å². The Morgan fingerprint density at radius 2 is 2.08 bits per heavy atom. The molecule has 0 saturated heterocycles. The molecule has 1 heterocycles. The molecule has 1 rings (SSSR count). The van der Waals surface area contributed by atoms with Gasteiger partial charge in [0, 0.05) is 9.35 Å². The molecular formula is C8H10Br2FNS. The quantitative estimate of drug-likeness (QED) is 0.870. The number of hydrogen-bond donors (Lipinski definition) is 1. The van der Waals surface area contributed by atoms with Gasteiger partial charge in [-0.15, -0.1) is 11.3 Å². The summed E-state index contributed by atoms with van der Waals surface area (Å²) in [6.45, 7) is 2.97. The molecular weight excluding hydrogens is 321 g/mol. The van der Waals surface area contributed by atoms with Crippen LogP contribution in [0.2, 0.25) is 0 Å². The van der Waals surface area contributed by atoms with Crippen LogP contribution in [0.5, 0.6) is 0 Å². The predicted molar refractivity (Wildman–Crippen MR) is 61.8 cm³/mol. The fraction of sp³-hybridized carbons (Fsp3) is 0.500. The van der Waals surface area contributed by atoms with Crippen molar-refractivity contribution in [3.8, 4) is 0 Å². The summed E-state index contributed by atoms with van der Waals surface area (Å²) in [4.78, 5) is 0.839. The van der Waals surface area contributed by atoms with E-state index in [9.17, 15) is 4.39 Å². The van der Waals surface area contributed by atoms with E-state index in [2.05, 4.69) is 31.9 Å².